The summed E-state index contributed by atoms with van der Waals surface area (Å²) in [6, 6.07) is 10.6. The van der Waals surface area contributed by atoms with Gasteiger partial charge >= 0.3 is 0 Å². The first-order valence-corrected chi connectivity index (χ1v) is 8.95. The Labute approximate surface area is 151 Å². The van der Waals surface area contributed by atoms with Gasteiger partial charge in [-0.3, -0.25) is 9.97 Å². The summed E-state index contributed by atoms with van der Waals surface area (Å²) in [4.78, 5) is 9.05. The monoisotopic (exact) mass is 333 g/mol. The van der Waals surface area contributed by atoms with Crippen molar-refractivity contribution in [3.8, 4) is 6.07 Å². The summed E-state index contributed by atoms with van der Waals surface area (Å²) in [5.74, 6) is 0.567. The number of aryl methyl sites for hydroxylation is 2. The van der Waals surface area contributed by atoms with Crippen LogP contribution in [0, 0.1) is 37.0 Å². The van der Waals surface area contributed by atoms with Crippen molar-refractivity contribution in [1.29, 1.82) is 5.26 Å². The third kappa shape index (κ3) is 4.54. The van der Waals surface area contributed by atoms with Crippen LogP contribution in [0.3, 0.4) is 0 Å². The number of pyridine rings is 2. The minimum atomic E-state index is 0.283. The lowest BCUT2D eigenvalue weighted by Crippen LogP contribution is -2.15. The molecule has 0 saturated heterocycles. The quantitative estimate of drug-likeness (QED) is 0.674. The molecule has 130 valence electrons. The first-order valence-electron chi connectivity index (χ1n) is 8.95. The highest BCUT2D eigenvalue weighted by Crippen LogP contribution is 2.33. The van der Waals surface area contributed by atoms with E-state index in [1.54, 1.807) is 0 Å². The fraction of sp³-hybridized carbons (Fsp3) is 0.409. The number of nitrogens with zero attached hydrogens (tertiary/aromatic N) is 3. The number of hydrogen-bond donors (Lipinski definition) is 0. The first-order chi connectivity index (χ1) is 12.0. The molecule has 0 N–H and O–H groups in total. The van der Waals surface area contributed by atoms with E-state index in [9.17, 15) is 5.26 Å². The summed E-state index contributed by atoms with van der Waals surface area (Å²) in [5, 5.41) is 9.94. The van der Waals surface area contributed by atoms with Crippen LogP contribution in [-0.4, -0.2) is 9.97 Å². The van der Waals surface area contributed by atoms with Crippen LogP contribution >= 0.6 is 0 Å². The molecule has 0 spiro atoms. The van der Waals surface area contributed by atoms with Crippen molar-refractivity contribution in [3.63, 3.8) is 0 Å². The number of rotatable bonds is 6. The molecule has 0 amide bonds. The normalized spacial score (nSPS) is 13.3. The van der Waals surface area contributed by atoms with Gasteiger partial charge in [-0.2, -0.15) is 5.26 Å². The van der Waals surface area contributed by atoms with Gasteiger partial charge in [0, 0.05) is 18.1 Å². The molecule has 0 fully saturated rings. The first kappa shape index (κ1) is 18.9. The summed E-state index contributed by atoms with van der Waals surface area (Å²) in [5.41, 5.74) is 5.98. The van der Waals surface area contributed by atoms with Crippen molar-refractivity contribution >= 4 is 5.57 Å². The standard InChI is InChI=1S/C22H27N3/c1-6-18(12-19-9-7-8-10-24-19)21(15(2)3)20(13-23)22-17(5)11-16(4)14-25-22/h7-11,14-15,18H,6,12H2,1-5H3. The molecule has 1 atom stereocenters. The van der Waals surface area contributed by atoms with Gasteiger partial charge in [-0.05, 0) is 67.4 Å². The molecule has 0 aromatic carbocycles. The molecule has 2 heterocycles. The zero-order valence-corrected chi connectivity index (χ0v) is 15.9. The SMILES string of the molecule is CCC(Cc1ccccn1)C(=C(C#N)c1ncc(C)cc1C)C(C)C. The van der Waals surface area contributed by atoms with Gasteiger partial charge in [0.25, 0.3) is 0 Å². The minimum Gasteiger partial charge on any atom is -0.261 e. The number of nitriles is 1. The molecule has 2 aromatic rings. The zero-order valence-electron chi connectivity index (χ0n) is 15.9. The molecule has 0 saturated carbocycles. The Balaban J connectivity index is 2.54. The van der Waals surface area contributed by atoms with Gasteiger partial charge in [-0.25, -0.2) is 0 Å². The lowest BCUT2D eigenvalue weighted by molar-refractivity contribution is 0.521. The third-order valence-corrected chi connectivity index (χ3v) is 4.59. The molecule has 2 aromatic heterocycles. The Hall–Kier alpha value is -2.47. The second-order valence-electron chi connectivity index (χ2n) is 6.91. The van der Waals surface area contributed by atoms with Crippen molar-refractivity contribution < 1.29 is 0 Å². The van der Waals surface area contributed by atoms with Crippen molar-refractivity contribution in [2.24, 2.45) is 11.8 Å². The lowest BCUT2D eigenvalue weighted by atomic mass is 9.80. The van der Waals surface area contributed by atoms with Crippen LogP contribution in [0.1, 0.15) is 49.7 Å². The van der Waals surface area contributed by atoms with Gasteiger partial charge in [0.1, 0.15) is 6.07 Å². The summed E-state index contributed by atoms with van der Waals surface area (Å²) in [7, 11) is 0. The smallest absolute Gasteiger partial charge is 0.101 e. The second-order valence-corrected chi connectivity index (χ2v) is 6.91. The molecule has 1 unspecified atom stereocenters. The van der Waals surface area contributed by atoms with Crippen LogP contribution < -0.4 is 0 Å². The Morgan fingerprint density at radius 1 is 1.20 bits per heavy atom. The largest absolute Gasteiger partial charge is 0.261 e. The Morgan fingerprint density at radius 2 is 1.96 bits per heavy atom. The van der Waals surface area contributed by atoms with Gasteiger partial charge < -0.3 is 0 Å². The maximum absolute atomic E-state index is 9.94. The predicted octanol–water partition coefficient (Wildman–Crippen LogP) is 5.30. The van der Waals surface area contributed by atoms with E-state index in [0.717, 1.165) is 40.9 Å². The second kappa shape index (κ2) is 8.58. The van der Waals surface area contributed by atoms with E-state index >= 15 is 0 Å². The van der Waals surface area contributed by atoms with Gasteiger partial charge in [0.15, 0.2) is 0 Å². The molecule has 2 rings (SSSR count). The van der Waals surface area contributed by atoms with Crippen LogP contribution in [0.5, 0.6) is 0 Å². The number of aromatic nitrogens is 2. The van der Waals surface area contributed by atoms with Crippen LogP contribution in [0.4, 0.5) is 0 Å². The molecule has 0 bridgehead atoms. The van der Waals surface area contributed by atoms with Crippen LogP contribution in [0.2, 0.25) is 0 Å². The lowest BCUT2D eigenvalue weighted by Gasteiger charge is -2.24. The van der Waals surface area contributed by atoms with E-state index in [2.05, 4.69) is 48.9 Å². The summed E-state index contributed by atoms with van der Waals surface area (Å²) in [6.07, 6.45) is 5.50. The van der Waals surface area contributed by atoms with Crippen molar-refractivity contribution in [2.75, 3.05) is 0 Å². The molecular formula is C22H27N3. The van der Waals surface area contributed by atoms with E-state index in [1.807, 2.05) is 38.4 Å². The summed E-state index contributed by atoms with van der Waals surface area (Å²) < 4.78 is 0. The van der Waals surface area contributed by atoms with Crippen molar-refractivity contribution in [1.82, 2.24) is 9.97 Å². The Kier molecular flexibility index (Phi) is 6.47. The third-order valence-electron chi connectivity index (χ3n) is 4.59. The van der Waals surface area contributed by atoms with E-state index in [4.69, 9.17) is 0 Å². The van der Waals surface area contributed by atoms with E-state index in [1.165, 1.54) is 5.57 Å². The summed E-state index contributed by atoms with van der Waals surface area (Å²) >= 11 is 0. The van der Waals surface area contributed by atoms with Gasteiger partial charge in [0.2, 0.25) is 0 Å². The van der Waals surface area contributed by atoms with Crippen LogP contribution in [-0.2, 0) is 6.42 Å². The number of allylic oxidation sites excluding steroid dienone is 2. The average Bonchev–Trinajstić information content (AvgIpc) is 2.59. The van der Waals surface area contributed by atoms with E-state index < -0.39 is 0 Å². The van der Waals surface area contributed by atoms with Gasteiger partial charge in [-0.15, -0.1) is 0 Å². The maximum atomic E-state index is 9.94. The highest BCUT2D eigenvalue weighted by molar-refractivity contribution is 5.79. The number of hydrogen-bond acceptors (Lipinski definition) is 3. The van der Waals surface area contributed by atoms with Gasteiger partial charge in [-0.1, -0.05) is 32.9 Å². The molecular weight excluding hydrogens is 306 g/mol. The Morgan fingerprint density at radius 3 is 2.48 bits per heavy atom. The molecule has 25 heavy (non-hydrogen) atoms. The van der Waals surface area contributed by atoms with E-state index in [-0.39, 0.29) is 11.8 Å². The maximum Gasteiger partial charge on any atom is 0.101 e. The highest BCUT2D eigenvalue weighted by atomic mass is 14.7. The zero-order chi connectivity index (χ0) is 18.4. The van der Waals surface area contributed by atoms with E-state index in [0.29, 0.717) is 0 Å². The summed E-state index contributed by atoms with van der Waals surface area (Å²) in [6.45, 7) is 10.6. The molecule has 0 radical (unpaired) electrons. The van der Waals surface area contributed by atoms with Crippen molar-refractivity contribution in [2.45, 2.75) is 47.5 Å². The van der Waals surface area contributed by atoms with Crippen molar-refractivity contribution in [3.05, 3.63) is 64.7 Å². The average molecular weight is 333 g/mol. The Bertz CT molecular complexity index is 783. The van der Waals surface area contributed by atoms with Gasteiger partial charge in [0.05, 0.1) is 11.3 Å². The highest BCUT2D eigenvalue weighted by Gasteiger charge is 2.23. The molecule has 0 aliphatic rings. The van der Waals surface area contributed by atoms with Crippen LogP contribution in [0.15, 0.2) is 42.2 Å². The minimum absolute atomic E-state index is 0.283. The fourth-order valence-electron chi connectivity index (χ4n) is 3.44. The predicted molar refractivity (Wildman–Crippen MR) is 103 cm³/mol. The molecule has 3 heteroatoms. The molecule has 3 nitrogen and oxygen atoms in total. The fourth-order valence-corrected chi connectivity index (χ4v) is 3.44. The molecule has 0 aliphatic carbocycles. The van der Waals surface area contributed by atoms with Crippen LogP contribution in [0.25, 0.3) is 5.57 Å². The molecule has 0 aliphatic heterocycles. The topological polar surface area (TPSA) is 49.6 Å².